The fourth-order valence-corrected chi connectivity index (χ4v) is 4.65. The summed E-state index contributed by atoms with van der Waals surface area (Å²) in [6.07, 6.45) is 0. The summed E-state index contributed by atoms with van der Waals surface area (Å²) in [4.78, 5) is 2.33. The molecular formula is C15H16PoS2. The molecule has 0 aliphatic rings. The Kier molecular flexibility index (Phi) is 6.09. The maximum atomic E-state index is 4.30. The average Bonchev–Trinajstić information content (AvgIpc) is 2.40. The van der Waals surface area contributed by atoms with Crippen LogP contribution in [0, 0.1) is 0 Å². The van der Waals surface area contributed by atoms with Crippen LogP contribution in [0.2, 0.25) is 4.58 Å². The number of thioether (sulfide) groups is 1. The Balaban J connectivity index is 1.91. The van der Waals surface area contributed by atoms with Gasteiger partial charge in [-0.05, 0) is 0 Å². The molecule has 2 aromatic carbocycles. The summed E-state index contributed by atoms with van der Waals surface area (Å²) in [6, 6.07) is 17.5. The molecule has 2 rings (SSSR count). The van der Waals surface area contributed by atoms with Crippen molar-refractivity contribution in [2.75, 3.05) is 0 Å². The molecule has 2 aromatic rings. The van der Waals surface area contributed by atoms with Crippen molar-refractivity contribution in [3.63, 3.8) is 0 Å². The van der Waals surface area contributed by atoms with Crippen LogP contribution in [0.15, 0.2) is 58.3 Å². The van der Waals surface area contributed by atoms with E-state index >= 15 is 0 Å². The second-order valence-electron chi connectivity index (χ2n) is 4.03. The Morgan fingerprint density at radius 3 is 2.17 bits per heavy atom. The van der Waals surface area contributed by atoms with E-state index in [9.17, 15) is 0 Å². The Morgan fingerprint density at radius 2 is 1.56 bits per heavy atom. The summed E-state index contributed by atoms with van der Waals surface area (Å²) in [5.74, 6) is 1.04. The number of benzene rings is 2. The first-order valence-corrected chi connectivity index (χ1v) is 12.6. The van der Waals surface area contributed by atoms with Crippen molar-refractivity contribution in [2.24, 2.45) is 0 Å². The van der Waals surface area contributed by atoms with Crippen LogP contribution >= 0.6 is 24.4 Å². The normalized spacial score (nSPS) is 10.6. The summed E-state index contributed by atoms with van der Waals surface area (Å²) < 4.78 is 3.73. The van der Waals surface area contributed by atoms with Gasteiger partial charge in [0.1, 0.15) is 0 Å². The summed E-state index contributed by atoms with van der Waals surface area (Å²) in [5, 5.41) is 0. The van der Waals surface area contributed by atoms with Crippen LogP contribution in [0.1, 0.15) is 11.1 Å². The van der Waals surface area contributed by atoms with Gasteiger partial charge in [0.05, 0.1) is 0 Å². The van der Waals surface area contributed by atoms with Crippen LogP contribution in [0.5, 0.6) is 0 Å². The summed E-state index contributed by atoms with van der Waals surface area (Å²) in [5.41, 5.74) is 2.91. The second kappa shape index (κ2) is 7.58. The third-order valence-corrected chi connectivity index (χ3v) is 6.38. The molecule has 0 aliphatic carbocycles. The fraction of sp³-hybridized carbons (Fsp3) is 0.200. The first-order valence-electron chi connectivity index (χ1n) is 5.76. The zero-order valence-corrected chi connectivity index (χ0v) is 15.2. The van der Waals surface area contributed by atoms with E-state index in [-0.39, 0.29) is 23.6 Å². The van der Waals surface area contributed by atoms with Crippen molar-refractivity contribution in [3.8, 4) is 0 Å². The van der Waals surface area contributed by atoms with Gasteiger partial charge in [-0.1, -0.05) is 0 Å². The average molecular weight is 469 g/mol. The third-order valence-electron chi connectivity index (χ3n) is 2.58. The van der Waals surface area contributed by atoms with Gasteiger partial charge in [0.15, 0.2) is 0 Å². The predicted molar refractivity (Wildman–Crippen MR) is 85.0 cm³/mol. The molecule has 18 heavy (non-hydrogen) atoms. The van der Waals surface area contributed by atoms with Crippen molar-refractivity contribution >= 4 is 48.0 Å². The van der Waals surface area contributed by atoms with E-state index in [1.165, 1.54) is 20.1 Å². The molecule has 0 atom stereocenters. The van der Waals surface area contributed by atoms with Gasteiger partial charge in [-0.25, -0.2) is 0 Å². The van der Waals surface area contributed by atoms with Gasteiger partial charge in [-0.3, -0.25) is 0 Å². The summed E-state index contributed by atoms with van der Waals surface area (Å²) in [7, 11) is 0. The topological polar surface area (TPSA) is 0 Å². The molecule has 0 N–H and O–H groups in total. The number of rotatable bonds is 5. The van der Waals surface area contributed by atoms with Gasteiger partial charge < -0.3 is 0 Å². The van der Waals surface area contributed by atoms with E-state index in [4.69, 9.17) is 0 Å². The number of hydrogen-bond donors (Lipinski definition) is 1. The van der Waals surface area contributed by atoms with Crippen LogP contribution in [0.25, 0.3) is 0 Å². The van der Waals surface area contributed by atoms with Gasteiger partial charge >= 0.3 is 132 Å². The van der Waals surface area contributed by atoms with Crippen LogP contribution in [0.4, 0.5) is 0 Å². The SMILES string of the molecule is [CH3][Po][CH2]c1ccc(CSc2ccc(S)cc2)cc1. The van der Waals surface area contributed by atoms with E-state index in [1.54, 1.807) is 0 Å². The molecule has 3 heteroatoms. The quantitative estimate of drug-likeness (QED) is 0.497. The van der Waals surface area contributed by atoms with Crippen molar-refractivity contribution in [1.29, 1.82) is 0 Å². The first-order chi connectivity index (χ1) is 8.78. The van der Waals surface area contributed by atoms with Gasteiger partial charge in [0, 0.05) is 0 Å². The van der Waals surface area contributed by atoms with Gasteiger partial charge in [0.2, 0.25) is 0 Å². The Morgan fingerprint density at radius 1 is 0.944 bits per heavy atom. The fourth-order valence-electron chi connectivity index (χ4n) is 1.61. The van der Waals surface area contributed by atoms with Gasteiger partial charge in [-0.15, -0.1) is 0 Å². The summed E-state index contributed by atoms with van der Waals surface area (Å²) >= 11 is 6.09. The van der Waals surface area contributed by atoms with Crippen LogP contribution in [0.3, 0.4) is 0 Å². The maximum absolute atomic E-state index is 4.30. The molecule has 0 radical (unpaired) electrons. The Labute approximate surface area is 131 Å². The predicted octanol–water partition coefficient (Wildman–Crippen LogP) is 4.52. The van der Waals surface area contributed by atoms with Crippen molar-refractivity contribution in [3.05, 3.63) is 59.7 Å². The second-order valence-corrected chi connectivity index (χ2v) is 8.96. The van der Waals surface area contributed by atoms with Crippen molar-refractivity contribution in [1.82, 2.24) is 0 Å². The van der Waals surface area contributed by atoms with E-state index in [0.717, 1.165) is 10.6 Å². The standard InChI is InChI=1S/C14H13S2.CH3.Po/c1-11-2-4-12(5-3-11)10-16-14-8-6-13(15)7-9-14;;/h2-9,15H,1,10H2;1H3;. The molecule has 0 saturated carbocycles. The zero-order chi connectivity index (χ0) is 12.8. The van der Waals surface area contributed by atoms with Crippen LogP contribution in [-0.4, -0.2) is 23.6 Å². The molecule has 0 heterocycles. The van der Waals surface area contributed by atoms with Gasteiger partial charge in [-0.2, -0.15) is 0 Å². The van der Waals surface area contributed by atoms with E-state index in [1.807, 2.05) is 23.9 Å². The molecule has 0 fully saturated rings. The molecule has 0 bridgehead atoms. The molecule has 0 aliphatic heterocycles. The molecule has 0 amide bonds. The minimum atomic E-state index is -0.0820. The Bertz CT molecular complexity index is 477. The first kappa shape index (κ1) is 14.4. The summed E-state index contributed by atoms with van der Waals surface area (Å²) in [6.45, 7) is 0. The van der Waals surface area contributed by atoms with Gasteiger partial charge in [0.25, 0.3) is 0 Å². The Hall–Kier alpha value is 0.0361. The van der Waals surface area contributed by atoms with Crippen LogP contribution in [-0.2, 0) is 9.83 Å². The van der Waals surface area contributed by atoms with E-state index in [2.05, 4.69) is 53.6 Å². The third kappa shape index (κ3) is 4.61. The molecular weight excluding hydrogens is 453 g/mol. The minimum absolute atomic E-state index is 0.0820. The van der Waals surface area contributed by atoms with Crippen molar-refractivity contribution in [2.45, 2.75) is 24.2 Å². The number of hydrogen-bond acceptors (Lipinski definition) is 2. The van der Waals surface area contributed by atoms with Crippen LogP contribution < -0.4 is 0 Å². The number of thiol groups is 1. The zero-order valence-electron chi connectivity index (χ0n) is 10.3. The molecule has 0 saturated heterocycles. The van der Waals surface area contributed by atoms with E-state index < -0.39 is 0 Å². The molecule has 0 nitrogen and oxygen atoms in total. The van der Waals surface area contributed by atoms with E-state index in [0.29, 0.717) is 0 Å². The van der Waals surface area contributed by atoms with Crippen molar-refractivity contribution < 1.29 is 0 Å². The molecule has 0 unspecified atom stereocenters. The molecule has 0 spiro atoms. The molecule has 0 aromatic heterocycles. The monoisotopic (exact) mass is 469 g/mol. The molecule has 94 valence electrons.